The Balaban J connectivity index is 2.54. The predicted molar refractivity (Wildman–Crippen MR) is 81.9 cm³/mol. The third kappa shape index (κ3) is 5.20. The summed E-state index contributed by atoms with van der Waals surface area (Å²) in [4.78, 5) is 11.7. The third-order valence-corrected chi connectivity index (χ3v) is 4.66. The van der Waals surface area contributed by atoms with E-state index < -0.39 is 10.8 Å². The standard InChI is InChI=1S/C13H19ClN2O2S/c1-13(2,3)19(18)7-6-12(17)16-11-5-4-9(14)8-10(11)15/h4-5,8H,6-7,15H2,1-3H3,(H,16,17). The molecule has 0 heterocycles. The minimum absolute atomic E-state index is 0.200. The Morgan fingerprint density at radius 1 is 1.42 bits per heavy atom. The summed E-state index contributed by atoms with van der Waals surface area (Å²) in [5, 5.41) is 3.21. The van der Waals surface area contributed by atoms with Gasteiger partial charge in [-0.15, -0.1) is 0 Å². The second-order valence-corrected chi connectivity index (χ2v) is 7.95. The first-order valence-corrected chi connectivity index (χ1v) is 7.63. The summed E-state index contributed by atoms with van der Waals surface area (Å²) in [6, 6.07) is 4.88. The van der Waals surface area contributed by atoms with Crippen molar-refractivity contribution in [2.45, 2.75) is 31.9 Å². The number of benzene rings is 1. The fourth-order valence-corrected chi connectivity index (χ4v) is 2.52. The first kappa shape index (κ1) is 16.0. The summed E-state index contributed by atoms with van der Waals surface area (Å²) in [5.41, 5.74) is 6.67. The molecule has 4 nitrogen and oxygen atoms in total. The molecule has 0 aromatic heterocycles. The van der Waals surface area contributed by atoms with E-state index in [1.54, 1.807) is 18.2 Å². The molecule has 0 aliphatic rings. The highest BCUT2D eigenvalue weighted by Gasteiger charge is 2.20. The zero-order chi connectivity index (χ0) is 14.6. The molecular weight excluding hydrogens is 284 g/mol. The highest BCUT2D eigenvalue weighted by Crippen LogP contribution is 2.22. The quantitative estimate of drug-likeness (QED) is 0.840. The first-order valence-electron chi connectivity index (χ1n) is 5.93. The Morgan fingerprint density at radius 3 is 2.58 bits per heavy atom. The van der Waals surface area contributed by atoms with Crippen LogP contribution in [0.3, 0.4) is 0 Å². The molecule has 0 bridgehead atoms. The number of carbonyl (C=O) groups is 1. The average molecular weight is 303 g/mol. The highest BCUT2D eigenvalue weighted by molar-refractivity contribution is 7.86. The molecule has 1 rings (SSSR count). The second kappa shape index (κ2) is 6.39. The highest BCUT2D eigenvalue weighted by atomic mass is 35.5. The summed E-state index contributed by atoms with van der Waals surface area (Å²) in [6.07, 6.45) is 0.200. The fourth-order valence-electron chi connectivity index (χ4n) is 1.35. The van der Waals surface area contributed by atoms with Gasteiger partial charge in [0.1, 0.15) is 0 Å². The Hall–Kier alpha value is -1.07. The number of amides is 1. The van der Waals surface area contributed by atoms with Crippen molar-refractivity contribution in [2.24, 2.45) is 0 Å². The molecule has 1 aromatic carbocycles. The number of halogens is 1. The molecule has 1 aromatic rings. The van der Waals surface area contributed by atoms with Gasteiger partial charge in [-0.05, 0) is 39.0 Å². The van der Waals surface area contributed by atoms with Gasteiger partial charge in [0.2, 0.25) is 5.91 Å². The van der Waals surface area contributed by atoms with Gasteiger partial charge < -0.3 is 11.1 Å². The molecule has 106 valence electrons. The lowest BCUT2D eigenvalue weighted by Crippen LogP contribution is -2.26. The number of hydrogen-bond donors (Lipinski definition) is 2. The molecule has 0 fully saturated rings. The SMILES string of the molecule is CC(C)(C)S(=O)CCC(=O)Nc1ccc(Cl)cc1N. The average Bonchev–Trinajstić information content (AvgIpc) is 2.28. The van der Waals surface area contributed by atoms with Crippen LogP contribution in [0.1, 0.15) is 27.2 Å². The van der Waals surface area contributed by atoms with E-state index in [1.165, 1.54) is 0 Å². The van der Waals surface area contributed by atoms with Crippen molar-refractivity contribution in [3.8, 4) is 0 Å². The van der Waals surface area contributed by atoms with E-state index in [0.29, 0.717) is 22.2 Å². The van der Waals surface area contributed by atoms with Crippen molar-refractivity contribution in [3.63, 3.8) is 0 Å². The van der Waals surface area contributed by atoms with Crippen molar-refractivity contribution in [1.29, 1.82) is 0 Å². The van der Waals surface area contributed by atoms with Crippen molar-refractivity contribution < 1.29 is 9.00 Å². The van der Waals surface area contributed by atoms with Crippen LogP contribution in [0.15, 0.2) is 18.2 Å². The molecule has 1 atom stereocenters. The molecule has 0 radical (unpaired) electrons. The number of nitrogens with two attached hydrogens (primary N) is 1. The summed E-state index contributed by atoms with van der Waals surface area (Å²) in [6.45, 7) is 5.66. The van der Waals surface area contributed by atoms with Crippen molar-refractivity contribution in [3.05, 3.63) is 23.2 Å². The number of anilines is 2. The summed E-state index contributed by atoms with van der Waals surface area (Å²) < 4.78 is 11.5. The van der Waals surface area contributed by atoms with E-state index in [4.69, 9.17) is 17.3 Å². The van der Waals surface area contributed by atoms with Gasteiger partial charge in [-0.25, -0.2) is 0 Å². The number of carbonyl (C=O) groups excluding carboxylic acids is 1. The maximum Gasteiger partial charge on any atom is 0.225 e. The molecule has 0 aliphatic carbocycles. The second-order valence-electron chi connectivity index (χ2n) is 5.19. The zero-order valence-electron chi connectivity index (χ0n) is 11.3. The van der Waals surface area contributed by atoms with Crippen LogP contribution in [-0.4, -0.2) is 20.6 Å². The molecule has 0 aliphatic heterocycles. The molecule has 1 amide bonds. The predicted octanol–water partition coefficient (Wildman–Crippen LogP) is 2.80. The van der Waals surface area contributed by atoms with E-state index in [2.05, 4.69) is 5.32 Å². The van der Waals surface area contributed by atoms with E-state index in [0.717, 1.165) is 0 Å². The van der Waals surface area contributed by atoms with Crippen molar-refractivity contribution in [1.82, 2.24) is 0 Å². The lowest BCUT2D eigenvalue weighted by molar-refractivity contribution is -0.115. The molecular formula is C13H19ClN2O2S. The van der Waals surface area contributed by atoms with Crippen molar-refractivity contribution in [2.75, 3.05) is 16.8 Å². The monoisotopic (exact) mass is 302 g/mol. The molecule has 0 saturated carbocycles. The first-order chi connectivity index (χ1) is 8.70. The van der Waals surface area contributed by atoms with Gasteiger partial charge in [-0.3, -0.25) is 9.00 Å². The maximum absolute atomic E-state index is 11.8. The maximum atomic E-state index is 11.8. The van der Waals surface area contributed by atoms with Gasteiger partial charge in [0.15, 0.2) is 0 Å². The van der Waals surface area contributed by atoms with Crippen LogP contribution in [0.4, 0.5) is 11.4 Å². The Morgan fingerprint density at radius 2 is 2.05 bits per heavy atom. The van der Waals surface area contributed by atoms with Crippen LogP contribution in [-0.2, 0) is 15.6 Å². The van der Waals surface area contributed by atoms with Crippen LogP contribution in [0, 0.1) is 0 Å². The van der Waals surface area contributed by atoms with Gasteiger partial charge in [0, 0.05) is 32.7 Å². The van der Waals surface area contributed by atoms with Crippen molar-refractivity contribution >= 4 is 39.7 Å². The molecule has 0 spiro atoms. The minimum Gasteiger partial charge on any atom is -0.397 e. The number of rotatable bonds is 4. The lowest BCUT2D eigenvalue weighted by Gasteiger charge is -2.17. The molecule has 19 heavy (non-hydrogen) atoms. The largest absolute Gasteiger partial charge is 0.397 e. The third-order valence-electron chi connectivity index (χ3n) is 2.49. The zero-order valence-corrected chi connectivity index (χ0v) is 12.9. The van der Waals surface area contributed by atoms with Gasteiger partial charge in [-0.2, -0.15) is 0 Å². The van der Waals surface area contributed by atoms with Gasteiger partial charge in [0.05, 0.1) is 11.4 Å². The van der Waals surface area contributed by atoms with Crippen LogP contribution in [0.5, 0.6) is 0 Å². The van der Waals surface area contributed by atoms with Gasteiger partial charge >= 0.3 is 0 Å². The minimum atomic E-state index is -1.04. The van der Waals surface area contributed by atoms with E-state index in [1.807, 2.05) is 20.8 Å². The summed E-state index contributed by atoms with van der Waals surface area (Å²) >= 11 is 5.77. The number of nitrogens with one attached hydrogen (secondary N) is 1. The lowest BCUT2D eigenvalue weighted by atomic mass is 10.2. The smallest absolute Gasteiger partial charge is 0.225 e. The number of nitrogen functional groups attached to an aromatic ring is 1. The van der Waals surface area contributed by atoms with Gasteiger partial charge in [0.25, 0.3) is 0 Å². The molecule has 1 unspecified atom stereocenters. The Kier molecular flexibility index (Phi) is 5.38. The van der Waals surface area contributed by atoms with E-state index >= 15 is 0 Å². The number of hydrogen-bond acceptors (Lipinski definition) is 3. The topological polar surface area (TPSA) is 72.2 Å². The molecule has 0 saturated heterocycles. The molecule has 3 N–H and O–H groups in total. The normalized spacial score (nSPS) is 13.1. The van der Waals surface area contributed by atoms with Crippen LogP contribution in [0.2, 0.25) is 5.02 Å². The fraction of sp³-hybridized carbons (Fsp3) is 0.462. The Labute approximate surface area is 121 Å². The van der Waals surface area contributed by atoms with E-state index in [9.17, 15) is 9.00 Å². The van der Waals surface area contributed by atoms with Gasteiger partial charge in [-0.1, -0.05) is 11.6 Å². The Bertz CT molecular complexity index is 498. The van der Waals surface area contributed by atoms with Crippen LogP contribution < -0.4 is 11.1 Å². The van der Waals surface area contributed by atoms with Crippen LogP contribution >= 0.6 is 11.6 Å². The summed E-state index contributed by atoms with van der Waals surface area (Å²) in [5.74, 6) is 0.134. The van der Waals surface area contributed by atoms with E-state index in [-0.39, 0.29) is 17.1 Å². The van der Waals surface area contributed by atoms with Crippen LogP contribution in [0.25, 0.3) is 0 Å². The molecule has 6 heteroatoms. The summed E-state index contributed by atoms with van der Waals surface area (Å²) in [7, 11) is -1.04.